The van der Waals surface area contributed by atoms with Gasteiger partial charge in [0.2, 0.25) is 0 Å². The van der Waals surface area contributed by atoms with Gasteiger partial charge in [-0.1, -0.05) is 11.9 Å². The van der Waals surface area contributed by atoms with Crippen LogP contribution < -0.4 is 10.0 Å². The van der Waals surface area contributed by atoms with Crippen LogP contribution in [0.5, 0.6) is 0 Å². The van der Waals surface area contributed by atoms with E-state index in [2.05, 4.69) is 39.1 Å². The van der Waals surface area contributed by atoms with Gasteiger partial charge in [0.1, 0.15) is 5.37 Å². The molecule has 17 heavy (non-hydrogen) atoms. The van der Waals surface area contributed by atoms with E-state index in [0.717, 1.165) is 17.2 Å². The predicted octanol–water partition coefficient (Wildman–Crippen LogP) is 1.01. The van der Waals surface area contributed by atoms with Gasteiger partial charge in [-0.15, -0.1) is 10.2 Å². The average Bonchev–Trinajstić information content (AvgIpc) is 2.82. The Morgan fingerprint density at radius 2 is 2.24 bits per heavy atom. The van der Waals surface area contributed by atoms with Gasteiger partial charge in [-0.25, -0.2) is 4.72 Å². The van der Waals surface area contributed by atoms with Crippen molar-refractivity contribution in [3.63, 3.8) is 0 Å². The molecule has 0 amide bonds. The number of hydrogen-bond donors (Lipinski definition) is 2. The lowest BCUT2D eigenvalue weighted by Crippen LogP contribution is -2.42. The van der Waals surface area contributed by atoms with E-state index < -0.39 is 0 Å². The second kappa shape index (κ2) is 3.66. The second-order valence-corrected chi connectivity index (χ2v) is 5.54. The lowest BCUT2D eigenvalue weighted by atomic mass is 10.2. The molecule has 0 saturated carbocycles. The monoisotopic (exact) mass is 250 g/mol. The van der Waals surface area contributed by atoms with Crippen molar-refractivity contribution >= 4 is 17.6 Å². The topological polar surface area (TPSA) is 67.1 Å². The molecule has 0 bridgehead atoms. The standard InChI is InChI=1S/C10H14N6S/c1-6-7-13-14-8(16(7)5-4-11-6)9-12-10(2,3)15-17-9/h4-5,9,12,15H,1-3H3/t9-/m1/s1. The molecule has 0 spiro atoms. The molecule has 0 radical (unpaired) electrons. The van der Waals surface area contributed by atoms with Gasteiger partial charge in [0.15, 0.2) is 11.5 Å². The zero-order valence-electron chi connectivity index (χ0n) is 9.93. The van der Waals surface area contributed by atoms with Gasteiger partial charge in [0, 0.05) is 12.4 Å². The van der Waals surface area contributed by atoms with Crippen molar-refractivity contribution in [1.29, 1.82) is 0 Å². The summed E-state index contributed by atoms with van der Waals surface area (Å²) in [4.78, 5) is 4.21. The molecule has 0 aliphatic carbocycles. The first kappa shape index (κ1) is 10.9. The summed E-state index contributed by atoms with van der Waals surface area (Å²) in [5.41, 5.74) is 1.61. The molecule has 1 fully saturated rings. The van der Waals surface area contributed by atoms with Gasteiger partial charge < -0.3 is 0 Å². The largest absolute Gasteiger partial charge is 0.281 e. The predicted molar refractivity (Wildman–Crippen MR) is 66.2 cm³/mol. The Kier molecular flexibility index (Phi) is 2.35. The molecule has 2 aromatic heterocycles. The molecule has 2 aromatic rings. The summed E-state index contributed by atoms with van der Waals surface area (Å²) in [6.45, 7) is 6.12. The number of hydrogen-bond acceptors (Lipinski definition) is 6. The maximum absolute atomic E-state index is 4.25. The van der Waals surface area contributed by atoms with E-state index in [9.17, 15) is 0 Å². The van der Waals surface area contributed by atoms with Crippen molar-refractivity contribution in [2.45, 2.75) is 31.8 Å². The lowest BCUT2D eigenvalue weighted by molar-refractivity contribution is 0.393. The van der Waals surface area contributed by atoms with Crippen LogP contribution in [0, 0.1) is 6.92 Å². The highest BCUT2D eigenvalue weighted by Gasteiger charge is 2.33. The molecule has 0 aromatic carbocycles. The number of nitrogens with zero attached hydrogens (tertiary/aromatic N) is 4. The third-order valence-electron chi connectivity index (χ3n) is 2.69. The van der Waals surface area contributed by atoms with Crippen LogP contribution in [0.1, 0.15) is 30.7 Å². The van der Waals surface area contributed by atoms with Crippen LogP contribution in [0.25, 0.3) is 5.65 Å². The molecule has 1 aliphatic rings. The number of fused-ring (bicyclic) bond motifs is 1. The van der Waals surface area contributed by atoms with Crippen molar-refractivity contribution in [1.82, 2.24) is 29.6 Å². The summed E-state index contributed by atoms with van der Waals surface area (Å²) >= 11 is 1.62. The molecule has 1 saturated heterocycles. The minimum atomic E-state index is -0.0940. The molecule has 3 heterocycles. The fourth-order valence-corrected chi connectivity index (χ4v) is 2.95. The van der Waals surface area contributed by atoms with Crippen molar-refractivity contribution in [3.8, 4) is 0 Å². The smallest absolute Gasteiger partial charge is 0.182 e. The first-order valence-corrected chi connectivity index (χ1v) is 6.31. The number of aryl methyl sites for hydroxylation is 1. The van der Waals surface area contributed by atoms with Crippen molar-refractivity contribution in [2.24, 2.45) is 0 Å². The first-order valence-electron chi connectivity index (χ1n) is 5.43. The van der Waals surface area contributed by atoms with Gasteiger partial charge in [0.05, 0.1) is 11.4 Å². The maximum atomic E-state index is 4.25. The van der Waals surface area contributed by atoms with Crippen molar-refractivity contribution in [3.05, 3.63) is 23.9 Å². The van der Waals surface area contributed by atoms with E-state index in [1.807, 2.05) is 17.5 Å². The number of rotatable bonds is 1. The molecule has 1 atom stereocenters. The summed E-state index contributed by atoms with van der Waals surface area (Å²) in [6, 6.07) is 0. The molecular formula is C10H14N6S. The fraction of sp³-hybridized carbons (Fsp3) is 0.500. The average molecular weight is 250 g/mol. The minimum absolute atomic E-state index is 0.0940. The van der Waals surface area contributed by atoms with Gasteiger partial charge >= 0.3 is 0 Å². The first-order chi connectivity index (χ1) is 8.07. The Morgan fingerprint density at radius 3 is 2.94 bits per heavy atom. The molecule has 1 aliphatic heterocycles. The Hall–Kier alpha value is -1.18. The summed E-state index contributed by atoms with van der Waals surface area (Å²) in [7, 11) is 0. The molecule has 3 rings (SSSR count). The highest BCUT2D eigenvalue weighted by atomic mass is 32.2. The Bertz CT molecular complexity index is 563. The summed E-state index contributed by atoms with van der Waals surface area (Å²) in [5.74, 6) is 0.897. The fourth-order valence-electron chi connectivity index (χ4n) is 1.86. The van der Waals surface area contributed by atoms with Crippen molar-refractivity contribution < 1.29 is 0 Å². The van der Waals surface area contributed by atoms with Crippen LogP contribution >= 0.6 is 11.9 Å². The minimum Gasteiger partial charge on any atom is -0.281 e. The summed E-state index contributed by atoms with van der Waals surface area (Å²) in [5, 5.41) is 12.0. The molecule has 90 valence electrons. The molecule has 6 nitrogen and oxygen atoms in total. The van der Waals surface area contributed by atoms with Crippen LogP contribution in [0.3, 0.4) is 0 Å². The van der Waals surface area contributed by atoms with Crippen LogP contribution in [-0.4, -0.2) is 25.2 Å². The third-order valence-corrected chi connectivity index (χ3v) is 3.88. The van der Waals surface area contributed by atoms with Crippen LogP contribution in [0.2, 0.25) is 0 Å². The SMILES string of the molecule is Cc1nccn2c([C@@H]3NC(C)(C)NS3)nnc12. The zero-order chi connectivity index (χ0) is 12.0. The normalized spacial score (nSPS) is 23.4. The van der Waals surface area contributed by atoms with E-state index in [1.165, 1.54) is 0 Å². The zero-order valence-corrected chi connectivity index (χ0v) is 10.7. The molecular weight excluding hydrogens is 236 g/mol. The summed E-state index contributed by atoms with van der Waals surface area (Å²) in [6.07, 6.45) is 3.67. The van der Waals surface area contributed by atoms with Gasteiger partial charge in [-0.05, 0) is 20.8 Å². The van der Waals surface area contributed by atoms with E-state index >= 15 is 0 Å². The Balaban J connectivity index is 2.05. The van der Waals surface area contributed by atoms with Crippen molar-refractivity contribution in [2.75, 3.05) is 0 Å². The van der Waals surface area contributed by atoms with E-state index in [4.69, 9.17) is 0 Å². The quantitative estimate of drug-likeness (QED) is 0.736. The van der Waals surface area contributed by atoms with Crippen LogP contribution in [0.15, 0.2) is 12.4 Å². The number of aromatic nitrogens is 4. The Morgan fingerprint density at radius 1 is 1.41 bits per heavy atom. The maximum Gasteiger partial charge on any atom is 0.182 e. The van der Waals surface area contributed by atoms with Crippen LogP contribution in [0.4, 0.5) is 0 Å². The second-order valence-electron chi connectivity index (χ2n) is 4.63. The van der Waals surface area contributed by atoms with E-state index in [0.29, 0.717) is 0 Å². The van der Waals surface area contributed by atoms with E-state index in [-0.39, 0.29) is 11.0 Å². The van der Waals surface area contributed by atoms with Gasteiger partial charge in [0.25, 0.3) is 0 Å². The van der Waals surface area contributed by atoms with Crippen LogP contribution in [-0.2, 0) is 0 Å². The highest BCUT2D eigenvalue weighted by Crippen LogP contribution is 2.31. The highest BCUT2D eigenvalue weighted by molar-refractivity contribution is 7.97. The number of nitrogens with one attached hydrogen (secondary N) is 2. The molecule has 7 heteroatoms. The van der Waals surface area contributed by atoms with E-state index in [1.54, 1.807) is 18.1 Å². The Labute approximate surface area is 103 Å². The van der Waals surface area contributed by atoms with Gasteiger partial charge in [-0.2, -0.15) is 0 Å². The third kappa shape index (κ3) is 1.80. The van der Waals surface area contributed by atoms with Gasteiger partial charge in [-0.3, -0.25) is 14.7 Å². The molecule has 0 unspecified atom stereocenters. The summed E-state index contributed by atoms with van der Waals surface area (Å²) < 4.78 is 5.30. The molecule has 2 N–H and O–H groups in total. The lowest BCUT2D eigenvalue weighted by Gasteiger charge is -2.17.